The molecular formula is C16H32N2. The number of nitrogens with one attached hydrogen (secondary N) is 1. The Morgan fingerprint density at radius 3 is 2.00 bits per heavy atom. The zero-order valence-electron chi connectivity index (χ0n) is 12.6. The molecule has 0 amide bonds. The van der Waals surface area contributed by atoms with Gasteiger partial charge in [-0.2, -0.15) is 0 Å². The molecule has 1 saturated carbocycles. The molecule has 2 fully saturated rings. The molecule has 0 bridgehead atoms. The standard InChI is InChI=1S/C16H32N2/c1-4-18-11-9-16(10-12-18)17-15-7-5-14(6-8-15)13(2)3/h13-17H,4-12H2,1-3H3. The number of rotatable bonds is 4. The van der Waals surface area contributed by atoms with Gasteiger partial charge in [0.25, 0.3) is 0 Å². The minimum Gasteiger partial charge on any atom is -0.311 e. The van der Waals surface area contributed by atoms with E-state index in [1.807, 2.05) is 0 Å². The van der Waals surface area contributed by atoms with Crippen molar-refractivity contribution in [2.75, 3.05) is 19.6 Å². The van der Waals surface area contributed by atoms with Crippen LogP contribution in [0.2, 0.25) is 0 Å². The number of piperidine rings is 1. The Hall–Kier alpha value is -0.0800. The lowest BCUT2D eigenvalue weighted by atomic mass is 9.79. The van der Waals surface area contributed by atoms with Crippen molar-refractivity contribution in [1.29, 1.82) is 0 Å². The largest absolute Gasteiger partial charge is 0.311 e. The van der Waals surface area contributed by atoms with Gasteiger partial charge < -0.3 is 10.2 Å². The second kappa shape index (κ2) is 6.91. The van der Waals surface area contributed by atoms with Crippen LogP contribution in [0.25, 0.3) is 0 Å². The summed E-state index contributed by atoms with van der Waals surface area (Å²) in [6.45, 7) is 10.9. The third-order valence-electron chi connectivity index (χ3n) is 5.22. The molecule has 0 aromatic rings. The van der Waals surface area contributed by atoms with Crippen molar-refractivity contribution in [3.63, 3.8) is 0 Å². The molecule has 0 unspecified atom stereocenters. The van der Waals surface area contributed by atoms with Crippen LogP contribution in [0.3, 0.4) is 0 Å². The second-order valence-electron chi connectivity index (χ2n) is 6.73. The van der Waals surface area contributed by atoms with Gasteiger partial charge in [0.1, 0.15) is 0 Å². The zero-order valence-corrected chi connectivity index (χ0v) is 12.6. The van der Waals surface area contributed by atoms with Crippen molar-refractivity contribution in [3.8, 4) is 0 Å². The van der Waals surface area contributed by atoms with Crippen LogP contribution in [0.4, 0.5) is 0 Å². The predicted octanol–water partition coefficient (Wildman–Crippen LogP) is 3.28. The highest BCUT2D eigenvalue weighted by Crippen LogP contribution is 2.30. The Morgan fingerprint density at radius 1 is 0.944 bits per heavy atom. The monoisotopic (exact) mass is 252 g/mol. The van der Waals surface area contributed by atoms with Crippen molar-refractivity contribution in [3.05, 3.63) is 0 Å². The SMILES string of the molecule is CCN1CCC(NC2CCC(C(C)C)CC2)CC1. The van der Waals surface area contributed by atoms with Gasteiger partial charge in [-0.25, -0.2) is 0 Å². The molecule has 2 rings (SSSR count). The first kappa shape index (κ1) is 14.3. The normalized spacial score (nSPS) is 32.0. The summed E-state index contributed by atoms with van der Waals surface area (Å²) < 4.78 is 0. The van der Waals surface area contributed by atoms with Gasteiger partial charge in [-0.3, -0.25) is 0 Å². The number of hydrogen-bond acceptors (Lipinski definition) is 2. The number of nitrogens with zero attached hydrogens (tertiary/aromatic N) is 1. The molecule has 1 N–H and O–H groups in total. The van der Waals surface area contributed by atoms with Crippen molar-refractivity contribution in [1.82, 2.24) is 10.2 Å². The molecule has 1 heterocycles. The lowest BCUT2D eigenvalue weighted by Gasteiger charge is -2.37. The first-order valence-electron chi connectivity index (χ1n) is 8.17. The summed E-state index contributed by atoms with van der Waals surface area (Å²) in [6.07, 6.45) is 8.44. The van der Waals surface area contributed by atoms with Gasteiger partial charge in [-0.05, 0) is 70.0 Å². The molecule has 1 aliphatic heterocycles. The van der Waals surface area contributed by atoms with Crippen LogP contribution in [-0.2, 0) is 0 Å². The highest BCUT2D eigenvalue weighted by molar-refractivity contribution is 4.84. The maximum absolute atomic E-state index is 3.94. The van der Waals surface area contributed by atoms with Crippen LogP contribution in [0.15, 0.2) is 0 Å². The average molecular weight is 252 g/mol. The molecule has 1 saturated heterocycles. The van der Waals surface area contributed by atoms with Crippen LogP contribution in [0, 0.1) is 11.8 Å². The summed E-state index contributed by atoms with van der Waals surface area (Å²) in [5.74, 6) is 1.88. The maximum Gasteiger partial charge on any atom is 0.00940 e. The molecule has 0 aromatic carbocycles. The Balaban J connectivity index is 1.66. The molecule has 2 heteroatoms. The molecule has 0 atom stereocenters. The molecule has 0 spiro atoms. The summed E-state index contributed by atoms with van der Waals surface area (Å²) in [6, 6.07) is 1.62. The third-order valence-corrected chi connectivity index (χ3v) is 5.22. The van der Waals surface area contributed by atoms with Gasteiger partial charge in [0.15, 0.2) is 0 Å². The van der Waals surface area contributed by atoms with Crippen LogP contribution < -0.4 is 5.32 Å². The average Bonchev–Trinajstić information content (AvgIpc) is 2.40. The highest BCUT2D eigenvalue weighted by atomic mass is 15.1. The second-order valence-corrected chi connectivity index (χ2v) is 6.73. The van der Waals surface area contributed by atoms with Gasteiger partial charge in [-0.1, -0.05) is 20.8 Å². The number of hydrogen-bond donors (Lipinski definition) is 1. The highest BCUT2D eigenvalue weighted by Gasteiger charge is 2.26. The molecule has 0 aromatic heterocycles. The van der Waals surface area contributed by atoms with Crippen molar-refractivity contribution in [2.24, 2.45) is 11.8 Å². The van der Waals surface area contributed by atoms with Gasteiger partial charge in [0, 0.05) is 12.1 Å². The van der Waals surface area contributed by atoms with Gasteiger partial charge in [-0.15, -0.1) is 0 Å². The van der Waals surface area contributed by atoms with Crippen LogP contribution >= 0.6 is 0 Å². The topological polar surface area (TPSA) is 15.3 Å². The summed E-state index contributed by atoms with van der Waals surface area (Å²) in [7, 11) is 0. The first-order chi connectivity index (χ1) is 8.69. The Kier molecular flexibility index (Phi) is 5.50. The van der Waals surface area contributed by atoms with Crippen LogP contribution in [0.1, 0.15) is 59.3 Å². The van der Waals surface area contributed by atoms with E-state index < -0.39 is 0 Å². The number of likely N-dealkylation sites (tertiary alicyclic amines) is 1. The van der Waals surface area contributed by atoms with Crippen molar-refractivity contribution < 1.29 is 0 Å². The minimum atomic E-state index is 0.799. The Bertz CT molecular complexity index is 223. The fourth-order valence-corrected chi connectivity index (χ4v) is 3.70. The van der Waals surface area contributed by atoms with E-state index in [9.17, 15) is 0 Å². The molecular weight excluding hydrogens is 220 g/mol. The van der Waals surface area contributed by atoms with Crippen LogP contribution in [0.5, 0.6) is 0 Å². The van der Waals surface area contributed by atoms with E-state index in [1.54, 1.807) is 0 Å². The first-order valence-corrected chi connectivity index (χ1v) is 8.17. The molecule has 18 heavy (non-hydrogen) atoms. The van der Waals surface area contributed by atoms with E-state index in [1.165, 1.54) is 58.2 Å². The van der Waals surface area contributed by atoms with Crippen LogP contribution in [-0.4, -0.2) is 36.6 Å². The molecule has 106 valence electrons. The van der Waals surface area contributed by atoms with Gasteiger partial charge >= 0.3 is 0 Å². The quantitative estimate of drug-likeness (QED) is 0.826. The third kappa shape index (κ3) is 3.96. The minimum absolute atomic E-state index is 0.799. The van der Waals surface area contributed by atoms with E-state index >= 15 is 0 Å². The van der Waals surface area contributed by atoms with E-state index in [0.717, 1.165) is 23.9 Å². The van der Waals surface area contributed by atoms with E-state index in [0.29, 0.717) is 0 Å². The lowest BCUT2D eigenvalue weighted by molar-refractivity contribution is 0.176. The van der Waals surface area contributed by atoms with Crippen molar-refractivity contribution in [2.45, 2.75) is 71.4 Å². The van der Waals surface area contributed by atoms with E-state index in [4.69, 9.17) is 0 Å². The zero-order chi connectivity index (χ0) is 13.0. The summed E-state index contributed by atoms with van der Waals surface area (Å²) >= 11 is 0. The fraction of sp³-hybridized carbons (Fsp3) is 1.00. The fourth-order valence-electron chi connectivity index (χ4n) is 3.70. The Labute approximate surface area is 114 Å². The maximum atomic E-state index is 3.94. The molecule has 0 radical (unpaired) electrons. The van der Waals surface area contributed by atoms with E-state index in [-0.39, 0.29) is 0 Å². The summed E-state index contributed by atoms with van der Waals surface area (Å²) in [4.78, 5) is 2.58. The summed E-state index contributed by atoms with van der Waals surface area (Å²) in [5, 5.41) is 3.94. The molecule has 2 aliphatic rings. The molecule has 2 nitrogen and oxygen atoms in total. The lowest BCUT2D eigenvalue weighted by Crippen LogP contribution is -2.47. The Morgan fingerprint density at radius 2 is 1.50 bits per heavy atom. The van der Waals surface area contributed by atoms with Gasteiger partial charge in [0.2, 0.25) is 0 Å². The van der Waals surface area contributed by atoms with Crippen molar-refractivity contribution >= 4 is 0 Å². The molecule has 1 aliphatic carbocycles. The predicted molar refractivity (Wildman–Crippen MR) is 78.9 cm³/mol. The summed E-state index contributed by atoms with van der Waals surface area (Å²) in [5.41, 5.74) is 0. The smallest absolute Gasteiger partial charge is 0.00940 e. The van der Waals surface area contributed by atoms with Gasteiger partial charge in [0.05, 0.1) is 0 Å². The van der Waals surface area contributed by atoms with E-state index in [2.05, 4.69) is 31.0 Å².